The van der Waals surface area contributed by atoms with E-state index in [4.69, 9.17) is 0 Å². The predicted molar refractivity (Wildman–Crippen MR) is 43.0 cm³/mol. The van der Waals surface area contributed by atoms with Gasteiger partial charge in [0, 0.05) is 37.4 Å². The molecule has 0 spiro atoms. The van der Waals surface area contributed by atoms with Gasteiger partial charge in [-0.05, 0) is 12.8 Å². The highest BCUT2D eigenvalue weighted by molar-refractivity contribution is 5.99. The number of rotatable bonds is 0. The van der Waals surface area contributed by atoms with Crippen molar-refractivity contribution in [2.75, 3.05) is 13.1 Å². The van der Waals surface area contributed by atoms with Crippen molar-refractivity contribution in [2.24, 2.45) is 15.9 Å². The standard InChI is InChI=1S/C8H12N2/c1-2-7-6-9-5-3-8(7)10-4-1/h5,7H,1-4,6H2. The summed E-state index contributed by atoms with van der Waals surface area (Å²) in [6.45, 7) is 2.05. The third-order valence-corrected chi connectivity index (χ3v) is 2.25. The number of nitrogens with zero attached hydrogens (tertiary/aromatic N) is 2. The minimum atomic E-state index is 0.707. The van der Waals surface area contributed by atoms with Crippen LogP contribution in [0.15, 0.2) is 9.98 Å². The van der Waals surface area contributed by atoms with Crippen molar-refractivity contribution in [1.82, 2.24) is 0 Å². The fourth-order valence-electron chi connectivity index (χ4n) is 1.64. The van der Waals surface area contributed by atoms with Crippen molar-refractivity contribution in [3.8, 4) is 0 Å². The molecular weight excluding hydrogens is 124 g/mol. The second-order valence-electron chi connectivity index (χ2n) is 2.96. The van der Waals surface area contributed by atoms with E-state index in [1.54, 1.807) is 0 Å². The van der Waals surface area contributed by atoms with Crippen molar-refractivity contribution >= 4 is 11.9 Å². The first kappa shape index (κ1) is 6.08. The van der Waals surface area contributed by atoms with Gasteiger partial charge in [-0.15, -0.1) is 0 Å². The molecule has 0 saturated heterocycles. The first-order valence-electron chi connectivity index (χ1n) is 3.98. The fraction of sp³-hybridized carbons (Fsp3) is 0.750. The summed E-state index contributed by atoms with van der Waals surface area (Å²) >= 11 is 0. The van der Waals surface area contributed by atoms with Gasteiger partial charge in [0.05, 0.1) is 0 Å². The van der Waals surface area contributed by atoms with Crippen LogP contribution in [-0.2, 0) is 0 Å². The molecule has 0 bridgehead atoms. The van der Waals surface area contributed by atoms with Crippen LogP contribution in [0.4, 0.5) is 0 Å². The molecule has 54 valence electrons. The molecule has 0 saturated carbocycles. The normalized spacial score (nSPS) is 31.2. The summed E-state index contributed by atoms with van der Waals surface area (Å²) in [7, 11) is 0. The van der Waals surface area contributed by atoms with Gasteiger partial charge >= 0.3 is 0 Å². The molecule has 0 aromatic carbocycles. The van der Waals surface area contributed by atoms with E-state index in [0.717, 1.165) is 19.5 Å². The van der Waals surface area contributed by atoms with Gasteiger partial charge in [0.25, 0.3) is 0 Å². The van der Waals surface area contributed by atoms with Crippen LogP contribution in [0.1, 0.15) is 19.3 Å². The van der Waals surface area contributed by atoms with Gasteiger partial charge in [-0.25, -0.2) is 0 Å². The van der Waals surface area contributed by atoms with Crippen molar-refractivity contribution in [3.63, 3.8) is 0 Å². The summed E-state index contributed by atoms with van der Waals surface area (Å²) < 4.78 is 0. The van der Waals surface area contributed by atoms with E-state index in [1.165, 1.54) is 18.6 Å². The Morgan fingerprint density at radius 2 is 2.50 bits per heavy atom. The van der Waals surface area contributed by atoms with E-state index in [2.05, 4.69) is 9.98 Å². The average molecular weight is 136 g/mol. The zero-order valence-corrected chi connectivity index (χ0v) is 6.08. The van der Waals surface area contributed by atoms with Gasteiger partial charge in [0.1, 0.15) is 0 Å². The Labute approximate surface area is 61.1 Å². The molecule has 0 aromatic rings. The zero-order valence-electron chi connectivity index (χ0n) is 6.08. The molecule has 0 amide bonds. The molecule has 0 N–H and O–H groups in total. The minimum Gasteiger partial charge on any atom is -0.296 e. The molecule has 0 aromatic heterocycles. The summed E-state index contributed by atoms with van der Waals surface area (Å²) in [5.41, 5.74) is 1.40. The molecule has 1 unspecified atom stereocenters. The topological polar surface area (TPSA) is 24.7 Å². The number of fused-ring (bicyclic) bond motifs is 1. The van der Waals surface area contributed by atoms with E-state index in [9.17, 15) is 0 Å². The Balaban J connectivity index is 2.17. The zero-order chi connectivity index (χ0) is 6.81. The van der Waals surface area contributed by atoms with Crippen LogP contribution in [0.25, 0.3) is 0 Å². The maximum absolute atomic E-state index is 4.48. The number of hydrogen-bond acceptors (Lipinski definition) is 2. The molecule has 2 aliphatic heterocycles. The van der Waals surface area contributed by atoms with E-state index in [0.29, 0.717) is 5.92 Å². The molecule has 2 rings (SSSR count). The van der Waals surface area contributed by atoms with Crippen molar-refractivity contribution < 1.29 is 0 Å². The van der Waals surface area contributed by atoms with Gasteiger partial charge in [-0.3, -0.25) is 9.98 Å². The maximum Gasteiger partial charge on any atom is 0.0466 e. The van der Waals surface area contributed by atoms with Crippen LogP contribution in [0, 0.1) is 5.92 Å². The second kappa shape index (κ2) is 2.52. The third-order valence-electron chi connectivity index (χ3n) is 2.25. The summed E-state index contributed by atoms with van der Waals surface area (Å²) in [5, 5.41) is 0. The molecule has 2 aliphatic rings. The Bertz CT molecular complexity index is 182. The Hall–Kier alpha value is -0.660. The van der Waals surface area contributed by atoms with Crippen molar-refractivity contribution in [3.05, 3.63) is 0 Å². The van der Waals surface area contributed by atoms with E-state index in [-0.39, 0.29) is 0 Å². The third kappa shape index (κ3) is 0.981. The van der Waals surface area contributed by atoms with Crippen LogP contribution < -0.4 is 0 Å². The Morgan fingerprint density at radius 3 is 3.40 bits per heavy atom. The lowest BCUT2D eigenvalue weighted by molar-refractivity contribution is 0.566. The number of aliphatic imine (C=N–C) groups is 2. The first-order valence-corrected chi connectivity index (χ1v) is 3.98. The lowest BCUT2D eigenvalue weighted by Crippen LogP contribution is -2.25. The summed E-state index contributed by atoms with van der Waals surface area (Å²) in [5.74, 6) is 0.707. The van der Waals surface area contributed by atoms with E-state index < -0.39 is 0 Å². The lowest BCUT2D eigenvalue weighted by atomic mass is 9.91. The van der Waals surface area contributed by atoms with Crippen molar-refractivity contribution in [1.29, 1.82) is 0 Å². The van der Waals surface area contributed by atoms with Crippen LogP contribution in [-0.4, -0.2) is 25.0 Å². The molecular formula is C8H12N2. The van der Waals surface area contributed by atoms with Crippen molar-refractivity contribution in [2.45, 2.75) is 19.3 Å². The summed E-state index contributed by atoms with van der Waals surface area (Å²) in [6.07, 6.45) is 5.60. The monoisotopic (exact) mass is 136 g/mol. The molecule has 0 radical (unpaired) electrons. The van der Waals surface area contributed by atoms with Gasteiger partial charge in [-0.2, -0.15) is 0 Å². The first-order chi connectivity index (χ1) is 4.97. The lowest BCUT2D eigenvalue weighted by Gasteiger charge is -2.23. The predicted octanol–water partition coefficient (Wildman–Crippen LogP) is 1.31. The maximum atomic E-state index is 4.48. The molecule has 1 atom stereocenters. The second-order valence-corrected chi connectivity index (χ2v) is 2.96. The fourth-order valence-corrected chi connectivity index (χ4v) is 1.64. The number of hydrogen-bond donors (Lipinski definition) is 0. The van der Waals surface area contributed by atoms with Gasteiger partial charge < -0.3 is 0 Å². The van der Waals surface area contributed by atoms with Gasteiger partial charge in [0.15, 0.2) is 0 Å². The molecule has 10 heavy (non-hydrogen) atoms. The Morgan fingerprint density at radius 1 is 1.50 bits per heavy atom. The highest BCUT2D eigenvalue weighted by atomic mass is 14.8. The van der Waals surface area contributed by atoms with Crippen LogP contribution in [0.2, 0.25) is 0 Å². The smallest absolute Gasteiger partial charge is 0.0466 e. The van der Waals surface area contributed by atoms with E-state index in [1.807, 2.05) is 6.21 Å². The summed E-state index contributed by atoms with van der Waals surface area (Å²) in [4.78, 5) is 8.73. The van der Waals surface area contributed by atoms with Gasteiger partial charge in [-0.1, -0.05) is 0 Å². The molecule has 0 aliphatic carbocycles. The minimum absolute atomic E-state index is 0.707. The van der Waals surface area contributed by atoms with Crippen LogP contribution >= 0.6 is 0 Å². The quantitative estimate of drug-likeness (QED) is 0.479. The largest absolute Gasteiger partial charge is 0.296 e. The molecule has 2 nitrogen and oxygen atoms in total. The average Bonchev–Trinajstić information content (AvgIpc) is 2.05. The molecule has 0 fully saturated rings. The SMILES string of the molecule is C1=NCC2CCCN=C2C1. The highest BCUT2D eigenvalue weighted by Crippen LogP contribution is 2.19. The van der Waals surface area contributed by atoms with Crippen LogP contribution in [0.5, 0.6) is 0 Å². The molecule has 2 heteroatoms. The highest BCUT2D eigenvalue weighted by Gasteiger charge is 2.19. The molecule has 2 heterocycles. The van der Waals surface area contributed by atoms with E-state index >= 15 is 0 Å². The van der Waals surface area contributed by atoms with Gasteiger partial charge in [0.2, 0.25) is 0 Å². The van der Waals surface area contributed by atoms with Crippen LogP contribution in [0.3, 0.4) is 0 Å². The Kier molecular flexibility index (Phi) is 1.53. The summed E-state index contributed by atoms with van der Waals surface area (Å²) in [6, 6.07) is 0.